The van der Waals surface area contributed by atoms with E-state index < -0.39 is 0 Å². The van der Waals surface area contributed by atoms with Crippen LogP contribution in [0.3, 0.4) is 0 Å². The van der Waals surface area contributed by atoms with Crippen LogP contribution in [0.5, 0.6) is 0 Å². The van der Waals surface area contributed by atoms with Crippen molar-refractivity contribution in [3.05, 3.63) is 43.3 Å². The van der Waals surface area contributed by atoms with Crippen molar-refractivity contribution in [3.63, 3.8) is 0 Å². The molecule has 117 valence electrons. The number of hydrogen-bond donors (Lipinski definition) is 3. The third-order valence-corrected chi connectivity index (χ3v) is 4.43. The van der Waals surface area contributed by atoms with Gasteiger partial charge >= 0.3 is 24.8 Å². The number of rotatable bonds is 0. The summed E-state index contributed by atoms with van der Waals surface area (Å²) in [7, 11) is 4.34. The summed E-state index contributed by atoms with van der Waals surface area (Å²) in [5.41, 5.74) is 14.3. The monoisotopic (exact) mass is 508 g/mol. The Kier molecular flexibility index (Phi) is 10.9. The van der Waals surface area contributed by atoms with Crippen molar-refractivity contribution in [2.75, 3.05) is 11.5 Å². The van der Waals surface area contributed by atoms with E-state index in [1.54, 1.807) is 6.20 Å². The second-order valence-corrected chi connectivity index (χ2v) is 6.63. The van der Waals surface area contributed by atoms with Crippen LogP contribution >= 0.6 is 60.6 Å². The molecule has 0 unspecified atom stereocenters. The SMILES string of the molecule is Cc1nc(Br)c(Br)cc1N.Cc1ncc(Br)cc1N.[B]=NS. The first-order valence-electron chi connectivity index (χ1n) is 5.72. The van der Waals surface area contributed by atoms with Crippen molar-refractivity contribution in [1.82, 2.24) is 9.97 Å². The molecule has 4 N–H and O–H groups in total. The van der Waals surface area contributed by atoms with Crippen molar-refractivity contribution >= 4 is 79.6 Å². The van der Waals surface area contributed by atoms with Crippen LogP contribution in [0.4, 0.5) is 11.4 Å². The number of halogens is 3. The Hall–Kier alpha value is -0.445. The van der Waals surface area contributed by atoms with Crippen LogP contribution < -0.4 is 11.5 Å². The molecular formula is C12H14BBr3N5S. The zero-order valence-electron chi connectivity index (χ0n) is 11.9. The second-order valence-electron chi connectivity index (χ2n) is 3.88. The number of pyridine rings is 2. The Labute approximate surface area is 161 Å². The minimum atomic E-state index is 0.704. The third kappa shape index (κ3) is 8.26. The minimum absolute atomic E-state index is 0.704. The van der Waals surface area contributed by atoms with Crippen LogP contribution in [0.25, 0.3) is 0 Å². The number of aromatic nitrogens is 2. The van der Waals surface area contributed by atoms with Gasteiger partial charge in [0.2, 0.25) is 0 Å². The molecule has 2 heterocycles. The Morgan fingerprint density at radius 2 is 1.59 bits per heavy atom. The van der Waals surface area contributed by atoms with Crippen LogP contribution in [0.2, 0.25) is 0 Å². The topological polar surface area (TPSA) is 90.2 Å². The zero-order valence-corrected chi connectivity index (χ0v) is 17.5. The van der Waals surface area contributed by atoms with Crippen molar-refractivity contribution < 1.29 is 0 Å². The number of nitrogens with two attached hydrogens (primary N) is 2. The van der Waals surface area contributed by atoms with Crippen molar-refractivity contribution in [2.45, 2.75) is 13.8 Å². The van der Waals surface area contributed by atoms with Gasteiger partial charge in [0.15, 0.2) is 0 Å². The number of nitrogen functional groups attached to an aromatic ring is 2. The van der Waals surface area contributed by atoms with Gasteiger partial charge in [-0.05, 0) is 73.8 Å². The molecule has 0 atom stereocenters. The van der Waals surface area contributed by atoms with Crippen LogP contribution in [-0.4, -0.2) is 17.6 Å². The Bertz CT molecular complexity index is 592. The quantitative estimate of drug-likeness (QED) is 0.278. The Morgan fingerprint density at radius 1 is 1.09 bits per heavy atom. The molecular weight excluding hydrogens is 497 g/mol. The van der Waals surface area contributed by atoms with Gasteiger partial charge in [-0.3, -0.25) is 4.98 Å². The number of aryl methyl sites for hydroxylation is 2. The molecule has 0 aliphatic carbocycles. The molecule has 0 bridgehead atoms. The molecule has 22 heavy (non-hydrogen) atoms. The molecule has 2 aromatic rings. The summed E-state index contributed by atoms with van der Waals surface area (Å²) in [6.45, 7) is 3.74. The van der Waals surface area contributed by atoms with Crippen molar-refractivity contribution in [1.29, 1.82) is 0 Å². The average molecular weight is 511 g/mol. The molecule has 1 radical (unpaired) electrons. The molecule has 0 spiro atoms. The fraction of sp³-hybridized carbons (Fsp3) is 0.167. The molecule has 5 nitrogen and oxygen atoms in total. The van der Waals surface area contributed by atoms with Crippen molar-refractivity contribution in [2.24, 2.45) is 4.30 Å². The van der Waals surface area contributed by atoms with Gasteiger partial charge in [0.05, 0.1) is 27.2 Å². The van der Waals surface area contributed by atoms with Gasteiger partial charge in [-0.1, -0.05) is 0 Å². The summed E-state index contributed by atoms with van der Waals surface area (Å²) >= 11 is 13.0. The Balaban J connectivity index is 0.000000342. The summed E-state index contributed by atoms with van der Waals surface area (Å²) < 4.78 is 5.29. The third-order valence-electron chi connectivity index (χ3n) is 2.26. The number of hydrogen-bond acceptors (Lipinski definition) is 6. The second kappa shape index (κ2) is 11.1. The normalized spacial score (nSPS) is 8.95. The van der Waals surface area contributed by atoms with Crippen LogP contribution in [0.1, 0.15) is 11.4 Å². The summed E-state index contributed by atoms with van der Waals surface area (Å²) in [5, 5.41) is 0. The van der Waals surface area contributed by atoms with E-state index in [-0.39, 0.29) is 0 Å². The van der Waals surface area contributed by atoms with E-state index in [0.29, 0.717) is 5.69 Å². The zero-order chi connectivity index (χ0) is 17.3. The van der Waals surface area contributed by atoms with E-state index in [1.165, 1.54) is 0 Å². The molecule has 0 saturated carbocycles. The standard InChI is InChI=1S/C6H6Br2N2.C6H7BrN2.BHNS/c1-3-5(9)2-4(7)6(8)10-3;1-4-6(8)2-5(7)3-9-4;1-2-3/h2H,9H2,1H3;2-3H,8H2,1H3;3H. The van der Waals surface area contributed by atoms with Gasteiger partial charge in [0, 0.05) is 10.7 Å². The van der Waals surface area contributed by atoms with E-state index >= 15 is 0 Å². The predicted molar refractivity (Wildman–Crippen MR) is 107 cm³/mol. The fourth-order valence-electron chi connectivity index (χ4n) is 1.09. The van der Waals surface area contributed by atoms with Gasteiger partial charge < -0.3 is 11.5 Å². The van der Waals surface area contributed by atoms with E-state index in [2.05, 4.69) is 82.5 Å². The van der Waals surface area contributed by atoms with Gasteiger partial charge in [0.1, 0.15) is 4.60 Å². The van der Waals surface area contributed by atoms with Crippen LogP contribution in [0.15, 0.2) is 36.2 Å². The maximum absolute atomic E-state index is 5.58. The Morgan fingerprint density at radius 3 is 2.00 bits per heavy atom. The van der Waals surface area contributed by atoms with Crippen LogP contribution in [0, 0.1) is 13.8 Å². The molecule has 2 aromatic heterocycles. The van der Waals surface area contributed by atoms with Crippen LogP contribution in [-0.2, 0) is 0 Å². The van der Waals surface area contributed by atoms with Gasteiger partial charge in [-0.25, -0.2) is 4.98 Å². The molecule has 0 saturated heterocycles. The van der Waals surface area contributed by atoms with E-state index in [0.717, 1.165) is 30.6 Å². The number of thiol groups is 1. The molecule has 0 amide bonds. The average Bonchev–Trinajstić information content (AvgIpc) is 2.43. The van der Waals surface area contributed by atoms with Crippen molar-refractivity contribution in [3.8, 4) is 0 Å². The molecule has 2 rings (SSSR count). The van der Waals surface area contributed by atoms with Gasteiger partial charge in [0.25, 0.3) is 0 Å². The van der Waals surface area contributed by atoms with Gasteiger partial charge in [-0.15, -0.1) is 0 Å². The van der Waals surface area contributed by atoms with E-state index in [9.17, 15) is 0 Å². The van der Waals surface area contributed by atoms with E-state index in [4.69, 9.17) is 11.5 Å². The molecule has 0 fully saturated rings. The predicted octanol–water partition coefficient (Wildman–Crippen LogP) is 4.42. The number of nitrogens with zero attached hydrogens (tertiary/aromatic N) is 3. The van der Waals surface area contributed by atoms with E-state index in [1.807, 2.05) is 26.0 Å². The van der Waals surface area contributed by atoms with Gasteiger partial charge in [-0.2, -0.15) is 0 Å². The molecule has 0 aromatic carbocycles. The summed E-state index contributed by atoms with van der Waals surface area (Å²) in [6, 6.07) is 3.66. The molecule has 0 aliphatic rings. The first-order valence-corrected chi connectivity index (χ1v) is 8.50. The first kappa shape index (κ1) is 21.6. The molecule has 0 aliphatic heterocycles. The maximum atomic E-state index is 5.58. The molecule has 10 heteroatoms. The fourth-order valence-corrected chi connectivity index (χ4v) is 2.15. The summed E-state index contributed by atoms with van der Waals surface area (Å²) in [5.74, 6) is 0. The summed E-state index contributed by atoms with van der Waals surface area (Å²) in [4.78, 5) is 8.12. The number of anilines is 2. The first-order chi connectivity index (χ1) is 10.2. The summed E-state index contributed by atoms with van der Waals surface area (Å²) in [6.07, 6.45) is 1.73.